The molecule has 13 heteroatoms. The van der Waals surface area contributed by atoms with E-state index in [2.05, 4.69) is 15.4 Å². The minimum atomic E-state index is -4.71. The Morgan fingerprint density at radius 1 is 1.00 bits per heavy atom. The van der Waals surface area contributed by atoms with Gasteiger partial charge in [-0.1, -0.05) is 0 Å². The highest BCUT2D eigenvalue weighted by atomic mass is 32.2. The van der Waals surface area contributed by atoms with Crippen LogP contribution in [0, 0.1) is 0 Å². The van der Waals surface area contributed by atoms with Crippen molar-refractivity contribution in [3.63, 3.8) is 0 Å². The van der Waals surface area contributed by atoms with Gasteiger partial charge in [0.25, 0.3) is 10.0 Å². The zero-order valence-electron chi connectivity index (χ0n) is 16.6. The molecule has 3 N–H and O–H groups in total. The van der Waals surface area contributed by atoms with Crippen LogP contribution in [0.1, 0.15) is 12.0 Å². The number of fused-ring (bicyclic) bond motifs is 1. The minimum absolute atomic E-state index is 0.0266. The normalized spacial score (nSPS) is 14.1. The van der Waals surface area contributed by atoms with Gasteiger partial charge in [0.2, 0.25) is 11.8 Å². The molecule has 32 heavy (non-hydrogen) atoms. The molecule has 0 saturated carbocycles. The van der Waals surface area contributed by atoms with Gasteiger partial charge in [-0.05, 0) is 36.4 Å². The van der Waals surface area contributed by atoms with Crippen molar-refractivity contribution in [1.29, 1.82) is 0 Å². The zero-order chi connectivity index (χ0) is 23.5. The minimum Gasteiger partial charge on any atom is -0.489 e. The number of halogens is 3. The van der Waals surface area contributed by atoms with Crippen molar-refractivity contribution < 1.29 is 40.7 Å². The average molecular weight is 473 g/mol. The second-order valence-corrected chi connectivity index (χ2v) is 8.32. The largest absolute Gasteiger partial charge is 0.489 e. The van der Waals surface area contributed by atoms with Crippen molar-refractivity contribution in [1.82, 2.24) is 0 Å². The fourth-order valence-corrected chi connectivity index (χ4v) is 3.88. The first-order valence-electron chi connectivity index (χ1n) is 9.09. The fraction of sp³-hybridized carbons (Fsp3) is 0.263. The lowest BCUT2D eigenvalue weighted by Crippen LogP contribution is -2.17. The monoisotopic (exact) mass is 473 g/mol. The van der Waals surface area contributed by atoms with Gasteiger partial charge in [0.15, 0.2) is 0 Å². The van der Waals surface area contributed by atoms with Crippen LogP contribution in [0.15, 0.2) is 41.3 Å². The molecule has 0 unspecified atom stereocenters. The summed E-state index contributed by atoms with van der Waals surface area (Å²) in [5, 5.41) is 4.85. The van der Waals surface area contributed by atoms with Crippen LogP contribution in [0.4, 0.5) is 30.2 Å². The van der Waals surface area contributed by atoms with Gasteiger partial charge in [-0.2, -0.15) is 13.2 Å². The smallest absolute Gasteiger partial charge is 0.416 e. The van der Waals surface area contributed by atoms with E-state index in [0.717, 1.165) is 24.3 Å². The van der Waals surface area contributed by atoms with Crippen molar-refractivity contribution in [2.24, 2.45) is 0 Å². The number of hydrogen-bond donors (Lipinski definition) is 3. The van der Waals surface area contributed by atoms with E-state index in [9.17, 15) is 31.2 Å². The predicted molar refractivity (Wildman–Crippen MR) is 108 cm³/mol. The van der Waals surface area contributed by atoms with Crippen LogP contribution >= 0.6 is 0 Å². The number of hydrogen-bond acceptors (Lipinski definition) is 6. The number of anilines is 3. The lowest BCUT2D eigenvalue weighted by molar-refractivity contribution is -0.137. The molecule has 2 amide bonds. The number of nitrogens with one attached hydrogen (secondary N) is 3. The summed E-state index contributed by atoms with van der Waals surface area (Å²) in [6.07, 6.45) is -5.15. The third kappa shape index (κ3) is 5.48. The quantitative estimate of drug-likeness (QED) is 0.420. The van der Waals surface area contributed by atoms with Crippen LogP contribution in [0.2, 0.25) is 0 Å². The molecule has 2 aromatic carbocycles. The van der Waals surface area contributed by atoms with Crippen molar-refractivity contribution in [3.05, 3.63) is 42.0 Å². The van der Waals surface area contributed by atoms with Crippen molar-refractivity contribution >= 4 is 38.9 Å². The van der Waals surface area contributed by atoms with Crippen molar-refractivity contribution in [3.8, 4) is 5.75 Å². The summed E-state index contributed by atoms with van der Waals surface area (Å²) < 4.78 is 77.5. The molecule has 0 aromatic heterocycles. The molecule has 1 aliphatic heterocycles. The van der Waals surface area contributed by atoms with E-state index in [1.54, 1.807) is 0 Å². The van der Waals surface area contributed by atoms with E-state index in [4.69, 9.17) is 9.47 Å². The van der Waals surface area contributed by atoms with Gasteiger partial charge in [0.05, 0.1) is 34.1 Å². The third-order valence-electron chi connectivity index (χ3n) is 4.27. The van der Waals surface area contributed by atoms with Gasteiger partial charge in [-0.15, -0.1) is 0 Å². The number of carbonyl (C=O) groups is 2. The van der Waals surface area contributed by atoms with Crippen LogP contribution in [0.5, 0.6) is 5.75 Å². The molecule has 0 aliphatic carbocycles. The first-order chi connectivity index (χ1) is 15.0. The first kappa shape index (κ1) is 23.3. The molecule has 3 rings (SSSR count). The van der Waals surface area contributed by atoms with E-state index >= 15 is 0 Å². The number of sulfonamides is 1. The number of alkyl halides is 3. The summed E-state index contributed by atoms with van der Waals surface area (Å²) in [6.45, 7) is 0.102. The molecular weight excluding hydrogens is 455 g/mol. The number of carbonyl (C=O) groups excluding carboxylic acids is 2. The Morgan fingerprint density at radius 3 is 2.34 bits per heavy atom. The molecule has 172 valence electrons. The van der Waals surface area contributed by atoms with Crippen LogP contribution in [0.25, 0.3) is 0 Å². The van der Waals surface area contributed by atoms with Crippen LogP contribution in [-0.2, 0) is 30.5 Å². The second-order valence-electron chi connectivity index (χ2n) is 6.64. The summed E-state index contributed by atoms with van der Waals surface area (Å²) in [5.41, 5.74) is -1.29. The molecule has 0 bridgehead atoms. The maximum Gasteiger partial charge on any atom is 0.416 e. The molecule has 0 saturated heterocycles. The van der Waals surface area contributed by atoms with Gasteiger partial charge >= 0.3 is 6.18 Å². The number of amides is 2. The molecule has 0 fully saturated rings. The third-order valence-corrected chi connectivity index (χ3v) is 5.63. The van der Waals surface area contributed by atoms with Gasteiger partial charge in [-0.3, -0.25) is 14.3 Å². The fourth-order valence-electron chi connectivity index (χ4n) is 2.79. The molecule has 0 radical (unpaired) electrons. The number of ether oxygens (including phenoxy) is 2. The van der Waals surface area contributed by atoms with E-state index in [0.29, 0.717) is 6.07 Å². The van der Waals surface area contributed by atoms with Crippen LogP contribution in [-0.4, -0.2) is 40.6 Å². The maximum absolute atomic E-state index is 13.1. The lowest BCUT2D eigenvalue weighted by atomic mass is 10.2. The molecule has 9 nitrogen and oxygen atoms in total. The predicted octanol–water partition coefficient (Wildman–Crippen LogP) is 2.81. The van der Waals surface area contributed by atoms with E-state index in [1.807, 2.05) is 0 Å². The van der Waals surface area contributed by atoms with Crippen molar-refractivity contribution in [2.75, 3.05) is 35.7 Å². The first-order valence-corrected chi connectivity index (χ1v) is 10.6. The second kappa shape index (κ2) is 9.04. The Hall–Kier alpha value is -3.32. The number of methoxy groups -OCH3 is 1. The molecule has 1 aliphatic rings. The van der Waals surface area contributed by atoms with E-state index in [-0.39, 0.29) is 35.2 Å². The van der Waals surface area contributed by atoms with Gasteiger partial charge in [-0.25, -0.2) is 8.42 Å². The van der Waals surface area contributed by atoms with Crippen LogP contribution in [0.3, 0.4) is 0 Å². The molecule has 0 spiro atoms. The highest BCUT2D eigenvalue weighted by Crippen LogP contribution is 2.36. The summed E-state index contributed by atoms with van der Waals surface area (Å²) in [4.78, 5) is 23.0. The lowest BCUT2D eigenvalue weighted by Gasteiger charge is -2.17. The van der Waals surface area contributed by atoms with Gasteiger partial charge < -0.3 is 20.1 Å². The summed E-state index contributed by atoms with van der Waals surface area (Å²) in [5.74, 6) is -1.35. The zero-order valence-corrected chi connectivity index (χ0v) is 17.4. The molecule has 2 aromatic rings. The highest BCUT2D eigenvalue weighted by molar-refractivity contribution is 7.92. The molecular formula is C19H18F3N3O6S. The highest BCUT2D eigenvalue weighted by Gasteiger charge is 2.32. The summed E-state index contributed by atoms with van der Waals surface area (Å²) >= 11 is 0. The van der Waals surface area contributed by atoms with E-state index < -0.39 is 45.7 Å². The van der Waals surface area contributed by atoms with Gasteiger partial charge in [0.1, 0.15) is 18.8 Å². The van der Waals surface area contributed by atoms with Crippen LogP contribution < -0.4 is 20.1 Å². The summed E-state index contributed by atoms with van der Waals surface area (Å²) in [7, 11) is -3.00. The average Bonchev–Trinajstić information content (AvgIpc) is 2.83. The number of rotatable bonds is 7. The van der Waals surface area contributed by atoms with Crippen molar-refractivity contribution in [2.45, 2.75) is 17.5 Å². The Bertz CT molecular complexity index is 1150. The standard InChI is InChI=1S/C19H18F3N3O6S/c1-30-6-7-31-16-5-2-11(19(20,21)22)8-15(16)25-32(28,29)12-3-4-13-14(9-12)24-18(27)10-17(26)23-13/h2-5,8-9,25H,6-7,10H2,1H3,(H,23,26)(H,24,27). The maximum atomic E-state index is 13.1. The van der Waals surface area contributed by atoms with Gasteiger partial charge in [0, 0.05) is 7.11 Å². The Kier molecular flexibility index (Phi) is 6.60. The Balaban J connectivity index is 1.96. The summed E-state index contributed by atoms with van der Waals surface area (Å²) in [6, 6.07) is 5.86. The number of benzene rings is 2. The van der Waals surface area contributed by atoms with E-state index in [1.165, 1.54) is 13.2 Å². The Labute approximate surface area is 180 Å². The molecule has 0 atom stereocenters. The topological polar surface area (TPSA) is 123 Å². The Morgan fingerprint density at radius 2 is 1.69 bits per heavy atom. The molecule has 1 heterocycles. The SMILES string of the molecule is COCCOc1ccc(C(F)(F)F)cc1NS(=O)(=O)c1ccc2c(c1)NC(=O)CC(=O)N2.